The van der Waals surface area contributed by atoms with Gasteiger partial charge in [0.05, 0.1) is 21.8 Å². The summed E-state index contributed by atoms with van der Waals surface area (Å²) in [4.78, 5) is 4.45. The number of anilines is 1. The van der Waals surface area contributed by atoms with Crippen molar-refractivity contribution in [1.29, 1.82) is 0 Å². The second-order valence-electron chi connectivity index (χ2n) is 3.77. The van der Waals surface area contributed by atoms with Gasteiger partial charge in [0.1, 0.15) is 0 Å². The third kappa shape index (κ3) is 2.47. The highest BCUT2D eigenvalue weighted by Crippen LogP contribution is 2.34. The number of amidine groups is 1. The van der Waals surface area contributed by atoms with Crippen molar-refractivity contribution in [2.45, 2.75) is 19.9 Å². The molecule has 0 saturated heterocycles. The van der Waals surface area contributed by atoms with E-state index in [2.05, 4.69) is 17.2 Å². The van der Waals surface area contributed by atoms with Gasteiger partial charge in [-0.1, -0.05) is 41.0 Å². The number of hydrogen-bond acceptors (Lipinski definition) is 3. The average molecular weight is 275 g/mol. The number of rotatable bonds is 1. The third-order valence-corrected chi connectivity index (χ3v) is 4.25. The number of halogens is 2. The zero-order valence-electron chi connectivity index (χ0n) is 9.05. The zero-order chi connectivity index (χ0) is 11.7. The molecule has 0 spiro atoms. The first-order valence-corrected chi connectivity index (χ1v) is 6.74. The van der Waals surface area contributed by atoms with Gasteiger partial charge in [-0.05, 0) is 25.5 Å². The monoisotopic (exact) mass is 274 g/mol. The predicted octanol–water partition coefficient (Wildman–Crippen LogP) is 4.21. The largest absolute Gasteiger partial charge is 0.333 e. The Kier molecular flexibility index (Phi) is 3.67. The quantitative estimate of drug-likeness (QED) is 0.830. The number of nitrogens with zero attached hydrogens (tertiary/aromatic N) is 1. The average Bonchev–Trinajstić information content (AvgIpc) is 2.65. The summed E-state index contributed by atoms with van der Waals surface area (Å²) in [6, 6.07) is 4.10. The maximum absolute atomic E-state index is 6.20. The van der Waals surface area contributed by atoms with Gasteiger partial charge in [0, 0.05) is 5.75 Å². The SMILES string of the molecule is Cc1ccc(Cl)c(NC2=NC(C)CS2)c1Cl. The first-order valence-electron chi connectivity index (χ1n) is 5.00. The molecule has 1 atom stereocenters. The molecule has 0 amide bonds. The van der Waals surface area contributed by atoms with E-state index in [0.29, 0.717) is 16.1 Å². The molecule has 1 heterocycles. The van der Waals surface area contributed by atoms with Gasteiger partial charge in [-0.3, -0.25) is 4.99 Å². The van der Waals surface area contributed by atoms with Crippen LogP contribution in [0, 0.1) is 6.92 Å². The van der Waals surface area contributed by atoms with Crippen LogP contribution in [0.5, 0.6) is 0 Å². The number of benzene rings is 1. The molecule has 1 aliphatic rings. The van der Waals surface area contributed by atoms with E-state index in [-0.39, 0.29) is 0 Å². The lowest BCUT2D eigenvalue weighted by molar-refractivity contribution is 0.865. The molecule has 0 aliphatic carbocycles. The summed E-state index contributed by atoms with van der Waals surface area (Å²) >= 11 is 14.0. The van der Waals surface area contributed by atoms with E-state index < -0.39 is 0 Å². The molecule has 1 unspecified atom stereocenters. The first kappa shape index (κ1) is 12.1. The number of aryl methyl sites for hydroxylation is 1. The Hall–Kier alpha value is -0.380. The maximum atomic E-state index is 6.20. The molecule has 0 fully saturated rings. The molecule has 2 nitrogen and oxygen atoms in total. The van der Waals surface area contributed by atoms with Crippen LogP contribution in [0.3, 0.4) is 0 Å². The van der Waals surface area contributed by atoms with E-state index in [1.54, 1.807) is 11.8 Å². The molecule has 0 radical (unpaired) electrons. The van der Waals surface area contributed by atoms with Gasteiger partial charge in [-0.25, -0.2) is 0 Å². The Morgan fingerprint density at radius 2 is 2.19 bits per heavy atom. The van der Waals surface area contributed by atoms with Crippen LogP contribution in [-0.2, 0) is 0 Å². The fraction of sp³-hybridized carbons (Fsp3) is 0.364. The lowest BCUT2D eigenvalue weighted by Crippen LogP contribution is -2.06. The molecule has 0 saturated carbocycles. The molecular weight excluding hydrogens is 263 g/mol. The van der Waals surface area contributed by atoms with Crippen LogP contribution in [-0.4, -0.2) is 17.0 Å². The van der Waals surface area contributed by atoms with Gasteiger partial charge >= 0.3 is 0 Å². The summed E-state index contributed by atoms with van der Waals surface area (Å²) in [5, 5.41) is 5.37. The standard InChI is InChI=1S/C11H12Cl2N2S/c1-6-3-4-8(12)10(9(6)13)15-11-14-7(2)5-16-11/h3-4,7H,5H2,1-2H3,(H,14,15). The molecule has 1 aliphatic heterocycles. The highest BCUT2D eigenvalue weighted by atomic mass is 35.5. The van der Waals surface area contributed by atoms with E-state index in [1.165, 1.54) is 0 Å². The first-order chi connectivity index (χ1) is 7.58. The molecule has 2 rings (SSSR count). The molecule has 0 aromatic heterocycles. The molecule has 5 heteroatoms. The van der Waals surface area contributed by atoms with E-state index in [0.717, 1.165) is 22.2 Å². The Bertz CT molecular complexity index is 446. The fourth-order valence-corrected chi connectivity index (χ4v) is 2.79. The normalized spacial score (nSPS) is 19.8. The van der Waals surface area contributed by atoms with Crippen molar-refractivity contribution in [2.75, 3.05) is 11.1 Å². The summed E-state index contributed by atoms with van der Waals surface area (Å²) in [6.07, 6.45) is 0. The molecule has 1 aromatic carbocycles. The van der Waals surface area contributed by atoms with E-state index in [9.17, 15) is 0 Å². The Labute approximate surface area is 109 Å². The molecule has 16 heavy (non-hydrogen) atoms. The number of hydrogen-bond donors (Lipinski definition) is 1. The highest BCUT2D eigenvalue weighted by Gasteiger charge is 2.16. The van der Waals surface area contributed by atoms with Crippen molar-refractivity contribution >= 4 is 45.8 Å². The minimum atomic E-state index is 0.356. The number of thioether (sulfide) groups is 1. The van der Waals surface area contributed by atoms with Crippen LogP contribution in [0.15, 0.2) is 17.1 Å². The van der Waals surface area contributed by atoms with Crippen molar-refractivity contribution < 1.29 is 0 Å². The summed E-state index contributed by atoms with van der Waals surface area (Å²) in [5.41, 5.74) is 1.76. The second kappa shape index (κ2) is 4.86. The Balaban J connectivity index is 2.28. The fourth-order valence-electron chi connectivity index (χ4n) is 1.42. The minimum absolute atomic E-state index is 0.356. The van der Waals surface area contributed by atoms with Gasteiger partial charge < -0.3 is 5.32 Å². The zero-order valence-corrected chi connectivity index (χ0v) is 11.4. The Morgan fingerprint density at radius 3 is 2.81 bits per heavy atom. The van der Waals surface area contributed by atoms with E-state index in [4.69, 9.17) is 23.2 Å². The van der Waals surface area contributed by atoms with Crippen LogP contribution < -0.4 is 5.32 Å². The lowest BCUT2D eigenvalue weighted by atomic mass is 10.2. The van der Waals surface area contributed by atoms with Crippen molar-refractivity contribution in [3.63, 3.8) is 0 Å². The van der Waals surface area contributed by atoms with Crippen LogP contribution in [0.4, 0.5) is 5.69 Å². The van der Waals surface area contributed by atoms with Gasteiger partial charge in [-0.15, -0.1) is 0 Å². The maximum Gasteiger partial charge on any atom is 0.161 e. The Morgan fingerprint density at radius 1 is 1.44 bits per heavy atom. The van der Waals surface area contributed by atoms with Crippen molar-refractivity contribution in [3.05, 3.63) is 27.7 Å². The summed E-state index contributed by atoms with van der Waals surface area (Å²) < 4.78 is 0. The van der Waals surface area contributed by atoms with Crippen LogP contribution >= 0.6 is 35.0 Å². The summed E-state index contributed by atoms with van der Waals surface area (Å²) in [6.45, 7) is 4.04. The summed E-state index contributed by atoms with van der Waals surface area (Å²) in [7, 11) is 0. The van der Waals surface area contributed by atoms with E-state index >= 15 is 0 Å². The highest BCUT2D eigenvalue weighted by molar-refractivity contribution is 8.14. The molecule has 86 valence electrons. The van der Waals surface area contributed by atoms with Crippen LogP contribution in [0.25, 0.3) is 0 Å². The number of aliphatic imine (C=N–C) groups is 1. The van der Waals surface area contributed by atoms with Gasteiger partial charge in [0.2, 0.25) is 0 Å². The van der Waals surface area contributed by atoms with Crippen molar-refractivity contribution in [1.82, 2.24) is 0 Å². The smallest absolute Gasteiger partial charge is 0.161 e. The lowest BCUT2D eigenvalue weighted by Gasteiger charge is -2.11. The van der Waals surface area contributed by atoms with Crippen molar-refractivity contribution in [3.8, 4) is 0 Å². The van der Waals surface area contributed by atoms with Crippen LogP contribution in [0.1, 0.15) is 12.5 Å². The summed E-state index contributed by atoms with van der Waals surface area (Å²) in [5.74, 6) is 1.00. The topological polar surface area (TPSA) is 24.4 Å². The van der Waals surface area contributed by atoms with Crippen LogP contribution in [0.2, 0.25) is 10.0 Å². The number of nitrogens with one attached hydrogen (secondary N) is 1. The molecule has 1 aromatic rings. The van der Waals surface area contributed by atoms with Crippen molar-refractivity contribution in [2.24, 2.45) is 4.99 Å². The van der Waals surface area contributed by atoms with Gasteiger partial charge in [0.25, 0.3) is 0 Å². The molecule has 1 N–H and O–H groups in total. The van der Waals surface area contributed by atoms with E-state index in [1.807, 2.05) is 19.1 Å². The van der Waals surface area contributed by atoms with Gasteiger partial charge in [0.15, 0.2) is 5.17 Å². The van der Waals surface area contributed by atoms with Gasteiger partial charge in [-0.2, -0.15) is 0 Å². The molecule has 0 bridgehead atoms. The third-order valence-electron chi connectivity index (χ3n) is 2.32. The predicted molar refractivity (Wildman–Crippen MR) is 74.2 cm³/mol. The molecular formula is C11H12Cl2N2S. The minimum Gasteiger partial charge on any atom is -0.333 e. The second-order valence-corrected chi connectivity index (χ2v) is 5.57.